The number of benzene rings is 1. The Kier molecular flexibility index (Phi) is 4.18. The van der Waals surface area contributed by atoms with Gasteiger partial charge in [0.2, 0.25) is 0 Å². The third-order valence-corrected chi connectivity index (χ3v) is 5.31. The number of halogens is 1. The smallest absolute Gasteiger partial charge is 0.0934 e. The molecule has 1 aliphatic rings. The van der Waals surface area contributed by atoms with E-state index in [1.54, 1.807) is 0 Å². The zero-order valence-corrected chi connectivity index (χ0v) is 14.0. The van der Waals surface area contributed by atoms with Gasteiger partial charge in [0.1, 0.15) is 0 Å². The van der Waals surface area contributed by atoms with E-state index >= 15 is 0 Å². The molecule has 0 aliphatic heterocycles. The van der Waals surface area contributed by atoms with Crippen LogP contribution in [0.4, 0.5) is 5.69 Å². The molecule has 3 nitrogen and oxygen atoms in total. The van der Waals surface area contributed by atoms with Crippen LogP contribution in [0.5, 0.6) is 0 Å². The summed E-state index contributed by atoms with van der Waals surface area (Å²) in [5.74, 6) is 0.646. The van der Waals surface area contributed by atoms with Crippen molar-refractivity contribution in [3.05, 3.63) is 34.9 Å². The first kappa shape index (κ1) is 14.8. The van der Waals surface area contributed by atoms with Crippen molar-refractivity contribution in [3.63, 3.8) is 0 Å². The predicted molar refractivity (Wildman–Crippen MR) is 92.5 cm³/mol. The maximum atomic E-state index is 6.16. The maximum Gasteiger partial charge on any atom is 0.0934 e. The lowest BCUT2D eigenvalue weighted by atomic mass is 9.84. The van der Waals surface area contributed by atoms with Crippen molar-refractivity contribution < 1.29 is 0 Å². The summed E-state index contributed by atoms with van der Waals surface area (Å²) in [6, 6.07) is 8.40. The number of nitrogens with zero attached hydrogens (tertiary/aromatic N) is 1. The molecule has 3 rings (SSSR count). The highest BCUT2D eigenvalue weighted by Crippen LogP contribution is 2.40. The molecule has 112 valence electrons. The molecule has 1 fully saturated rings. The van der Waals surface area contributed by atoms with Crippen molar-refractivity contribution in [2.24, 2.45) is 11.7 Å². The van der Waals surface area contributed by atoms with Gasteiger partial charge in [-0.1, -0.05) is 31.9 Å². The summed E-state index contributed by atoms with van der Waals surface area (Å²) in [6.07, 6.45) is 6.70. The first-order valence-electron chi connectivity index (χ1n) is 7.71. The van der Waals surface area contributed by atoms with Gasteiger partial charge in [-0.25, -0.2) is 0 Å². The summed E-state index contributed by atoms with van der Waals surface area (Å²) in [6.45, 7) is 2.94. The Morgan fingerprint density at radius 2 is 2.33 bits per heavy atom. The Hall–Kier alpha value is -1.13. The quantitative estimate of drug-likeness (QED) is 0.865. The van der Waals surface area contributed by atoms with E-state index in [2.05, 4.69) is 57.4 Å². The molecule has 0 amide bonds. The lowest BCUT2D eigenvalue weighted by molar-refractivity contribution is 0.346. The van der Waals surface area contributed by atoms with Crippen molar-refractivity contribution in [1.29, 1.82) is 0 Å². The van der Waals surface area contributed by atoms with Gasteiger partial charge in [0.15, 0.2) is 0 Å². The minimum absolute atomic E-state index is 0.0256. The number of rotatable bonds is 4. The number of para-hydroxylation sites is 1. The van der Waals surface area contributed by atoms with Crippen LogP contribution in [0, 0.1) is 5.92 Å². The normalized spacial score (nSPS) is 25.4. The molecule has 4 heteroatoms. The van der Waals surface area contributed by atoms with Crippen molar-refractivity contribution in [2.45, 2.75) is 38.1 Å². The second-order valence-corrected chi connectivity index (χ2v) is 6.93. The summed E-state index contributed by atoms with van der Waals surface area (Å²) in [7, 11) is 0. The molecule has 1 saturated carbocycles. The molecule has 1 aromatic carbocycles. The molecule has 2 unspecified atom stereocenters. The van der Waals surface area contributed by atoms with Gasteiger partial charge < -0.3 is 11.1 Å². The van der Waals surface area contributed by atoms with Crippen LogP contribution in [0.15, 0.2) is 34.9 Å². The van der Waals surface area contributed by atoms with Crippen LogP contribution in [0.1, 0.15) is 32.6 Å². The number of hydrogen-bond donors (Lipinski definition) is 2. The second kappa shape index (κ2) is 5.93. The molecule has 1 heterocycles. The molecule has 0 radical (unpaired) electrons. The summed E-state index contributed by atoms with van der Waals surface area (Å²) in [5.41, 5.74) is 8.31. The molecule has 21 heavy (non-hydrogen) atoms. The molecule has 3 N–H and O–H groups in total. The summed E-state index contributed by atoms with van der Waals surface area (Å²) in [4.78, 5) is 4.59. The third-order valence-electron chi connectivity index (χ3n) is 4.88. The molecule has 0 spiro atoms. The van der Waals surface area contributed by atoms with Crippen LogP contribution >= 0.6 is 15.9 Å². The molecule has 1 aromatic heterocycles. The highest BCUT2D eigenvalue weighted by atomic mass is 79.9. The van der Waals surface area contributed by atoms with Crippen LogP contribution < -0.4 is 11.1 Å². The first-order valence-corrected chi connectivity index (χ1v) is 8.50. The minimum atomic E-state index is 0.0256. The van der Waals surface area contributed by atoms with Crippen LogP contribution in [-0.4, -0.2) is 17.1 Å². The van der Waals surface area contributed by atoms with E-state index in [1.165, 1.54) is 19.3 Å². The zero-order valence-electron chi connectivity index (χ0n) is 12.4. The average Bonchev–Trinajstić information content (AvgIpc) is 2.90. The van der Waals surface area contributed by atoms with E-state index in [9.17, 15) is 0 Å². The summed E-state index contributed by atoms with van der Waals surface area (Å²) < 4.78 is 1.01. The van der Waals surface area contributed by atoms with E-state index in [0.717, 1.165) is 27.5 Å². The van der Waals surface area contributed by atoms with Crippen molar-refractivity contribution in [1.82, 2.24) is 4.98 Å². The number of aromatic nitrogens is 1. The fourth-order valence-electron chi connectivity index (χ4n) is 3.73. The monoisotopic (exact) mass is 347 g/mol. The highest BCUT2D eigenvalue weighted by Gasteiger charge is 2.40. The van der Waals surface area contributed by atoms with E-state index < -0.39 is 0 Å². The molecule has 0 saturated heterocycles. The van der Waals surface area contributed by atoms with E-state index in [4.69, 9.17) is 5.73 Å². The van der Waals surface area contributed by atoms with Crippen LogP contribution in [0.2, 0.25) is 0 Å². The van der Waals surface area contributed by atoms with Crippen LogP contribution in [0.3, 0.4) is 0 Å². The van der Waals surface area contributed by atoms with Gasteiger partial charge in [0, 0.05) is 22.6 Å². The highest BCUT2D eigenvalue weighted by molar-refractivity contribution is 9.10. The van der Waals surface area contributed by atoms with E-state index in [-0.39, 0.29) is 5.54 Å². The van der Waals surface area contributed by atoms with Crippen LogP contribution in [-0.2, 0) is 0 Å². The Balaban J connectivity index is 2.01. The van der Waals surface area contributed by atoms with Gasteiger partial charge in [-0.2, -0.15) is 0 Å². The second-order valence-electron chi connectivity index (χ2n) is 6.01. The Morgan fingerprint density at radius 1 is 1.48 bits per heavy atom. The number of fused-ring (bicyclic) bond motifs is 1. The molecule has 2 aromatic rings. The van der Waals surface area contributed by atoms with Crippen molar-refractivity contribution in [3.8, 4) is 0 Å². The molecule has 0 bridgehead atoms. The van der Waals surface area contributed by atoms with Gasteiger partial charge in [-0.15, -0.1) is 0 Å². The Morgan fingerprint density at radius 3 is 3.10 bits per heavy atom. The number of hydrogen-bond acceptors (Lipinski definition) is 3. The number of anilines is 1. The summed E-state index contributed by atoms with van der Waals surface area (Å²) >= 11 is 3.49. The Bertz CT molecular complexity index is 643. The summed E-state index contributed by atoms with van der Waals surface area (Å²) in [5, 5.41) is 4.91. The molecular weight excluding hydrogens is 326 g/mol. The SMILES string of the molecule is CCC1CCCC1(CN)Nc1cccc2cc(Br)cnc12. The molecule has 2 atom stereocenters. The van der Waals surface area contributed by atoms with Gasteiger partial charge >= 0.3 is 0 Å². The number of nitrogens with one attached hydrogen (secondary N) is 1. The maximum absolute atomic E-state index is 6.16. The van der Waals surface area contributed by atoms with Crippen molar-refractivity contribution >= 4 is 32.5 Å². The van der Waals surface area contributed by atoms with Gasteiger partial charge in [-0.3, -0.25) is 4.98 Å². The van der Waals surface area contributed by atoms with Gasteiger partial charge in [0.25, 0.3) is 0 Å². The Labute approximate surface area is 134 Å². The third kappa shape index (κ3) is 2.67. The fourth-order valence-corrected chi connectivity index (χ4v) is 4.08. The number of pyridine rings is 1. The minimum Gasteiger partial charge on any atom is -0.376 e. The number of nitrogens with two attached hydrogens (primary N) is 1. The van der Waals surface area contributed by atoms with Gasteiger partial charge in [-0.05, 0) is 46.8 Å². The zero-order chi connectivity index (χ0) is 14.9. The predicted octanol–water partition coefficient (Wildman–Crippen LogP) is 4.32. The molecule has 1 aliphatic carbocycles. The fraction of sp³-hybridized carbons (Fsp3) is 0.471. The first-order chi connectivity index (χ1) is 10.2. The van der Waals surface area contributed by atoms with Crippen LogP contribution in [0.25, 0.3) is 10.9 Å². The van der Waals surface area contributed by atoms with E-state index in [0.29, 0.717) is 12.5 Å². The lowest BCUT2D eigenvalue weighted by Gasteiger charge is -2.36. The topological polar surface area (TPSA) is 50.9 Å². The average molecular weight is 348 g/mol. The van der Waals surface area contributed by atoms with Crippen molar-refractivity contribution in [2.75, 3.05) is 11.9 Å². The standard InChI is InChI=1S/C17H22BrN3/c1-2-13-6-4-8-17(13,11-19)21-15-7-3-5-12-9-14(18)10-20-16(12)15/h3,5,7,9-10,13,21H,2,4,6,8,11,19H2,1H3. The molecular formula is C17H22BrN3. The van der Waals surface area contributed by atoms with E-state index in [1.807, 2.05) is 6.20 Å². The largest absolute Gasteiger partial charge is 0.376 e. The lowest BCUT2D eigenvalue weighted by Crippen LogP contribution is -2.48. The van der Waals surface area contributed by atoms with Gasteiger partial charge in [0.05, 0.1) is 16.7 Å².